The van der Waals surface area contributed by atoms with Crippen molar-refractivity contribution >= 4 is 5.91 Å². The minimum absolute atomic E-state index is 0.0430. The van der Waals surface area contributed by atoms with Gasteiger partial charge in [-0.25, -0.2) is 0 Å². The Morgan fingerprint density at radius 3 is 2.60 bits per heavy atom. The molecule has 4 nitrogen and oxygen atoms in total. The van der Waals surface area contributed by atoms with E-state index in [9.17, 15) is 4.79 Å². The number of aliphatic hydroxyl groups is 1. The Labute approximate surface area is 92.4 Å². The van der Waals surface area contributed by atoms with E-state index < -0.39 is 0 Å². The third-order valence-electron chi connectivity index (χ3n) is 2.28. The van der Waals surface area contributed by atoms with Crippen molar-refractivity contribution in [2.24, 2.45) is 0 Å². The van der Waals surface area contributed by atoms with Crippen molar-refractivity contribution in [2.45, 2.75) is 52.2 Å². The molecule has 0 aromatic carbocycles. The van der Waals surface area contributed by atoms with Crippen molar-refractivity contribution in [1.82, 2.24) is 10.6 Å². The Balaban J connectivity index is 3.31. The van der Waals surface area contributed by atoms with Crippen LogP contribution in [0.1, 0.15) is 40.0 Å². The van der Waals surface area contributed by atoms with Crippen LogP contribution < -0.4 is 10.6 Å². The van der Waals surface area contributed by atoms with E-state index in [-0.39, 0.29) is 18.1 Å². The first-order valence-electron chi connectivity index (χ1n) is 5.74. The summed E-state index contributed by atoms with van der Waals surface area (Å²) in [6.07, 6.45) is 2.38. The van der Waals surface area contributed by atoms with E-state index in [2.05, 4.69) is 10.6 Å². The van der Waals surface area contributed by atoms with Crippen LogP contribution in [0.2, 0.25) is 0 Å². The van der Waals surface area contributed by atoms with Crippen LogP contribution in [0.5, 0.6) is 0 Å². The normalized spacial score (nSPS) is 14.7. The standard InChI is InChI=1S/C11H24N2O2/c1-4-9(2)13-11(15)8-12-7-5-6-10(3)14/h9-10,12,14H,4-8H2,1-3H3,(H,13,15). The van der Waals surface area contributed by atoms with E-state index in [0.29, 0.717) is 6.54 Å². The third-order valence-corrected chi connectivity index (χ3v) is 2.28. The fourth-order valence-electron chi connectivity index (χ4n) is 1.15. The number of rotatable bonds is 8. The van der Waals surface area contributed by atoms with Crippen molar-refractivity contribution < 1.29 is 9.90 Å². The summed E-state index contributed by atoms with van der Waals surface area (Å²) < 4.78 is 0. The molecule has 0 aromatic heterocycles. The zero-order valence-corrected chi connectivity index (χ0v) is 10.0. The number of aliphatic hydroxyl groups excluding tert-OH is 1. The van der Waals surface area contributed by atoms with Gasteiger partial charge in [-0.2, -0.15) is 0 Å². The average Bonchev–Trinajstić information content (AvgIpc) is 2.16. The molecular weight excluding hydrogens is 192 g/mol. The summed E-state index contributed by atoms with van der Waals surface area (Å²) in [5.41, 5.74) is 0. The lowest BCUT2D eigenvalue weighted by atomic mass is 10.2. The number of carbonyl (C=O) groups is 1. The minimum atomic E-state index is -0.249. The highest BCUT2D eigenvalue weighted by Gasteiger charge is 2.04. The van der Waals surface area contributed by atoms with E-state index in [1.54, 1.807) is 6.92 Å². The fourth-order valence-corrected chi connectivity index (χ4v) is 1.15. The quantitative estimate of drug-likeness (QED) is 0.522. The molecular formula is C11H24N2O2. The van der Waals surface area contributed by atoms with Crippen molar-refractivity contribution in [3.8, 4) is 0 Å². The molecule has 15 heavy (non-hydrogen) atoms. The zero-order chi connectivity index (χ0) is 11.7. The van der Waals surface area contributed by atoms with Gasteiger partial charge in [0.1, 0.15) is 0 Å². The third kappa shape index (κ3) is 9.69. The summed E-state index contributed by atoms with van der Waals surface area (Å²) in [6, 6.07) is 0.247. The van der Waals surface area contributed by atoms with Gasteiger partial charge in [-0.15, -0.1) is 0 Å². The largest absolute Gasteiger partial charge is 0.393 e. The van der Waals surface area contributed by atoms with Crippen LogP contribution in [-0.4, -0.2) is 36.2 Å². The molecule has 90 valence electrons. The molecule has 2 unspecified atom stereocenters. The Kier molecular flexibility index (Phi) is 8.33. The minimum Gasteiger partial charge on any atom is -0.393 e. The molecule has 0 rings (SSSR count). The Hall–Kier alpha value is -0.610. The molecule has 3 N–H and O–H groups in total. The Morgan fingerprint density at radius 1 is 1.40 bits per heavy atom. The number of nitrogens with one attached hydrogen (secondary N) is 2. The van der Waals surface area contributed by atoms with Crippen molar-refractivity contribution in [1.29, 1.82) is 0 Å². The van der Waals surface area contributed by atoms with E-state index in [1.807, 2.05) is 13.8 Å². The second kappa shape index (κ2) is 8.68. The van der Waals surface area contributed by atoms with Crippen LogP contribution in [0.25, 0.3) is 0 Å². The van der Waals surface area contributed by atoms with E-state index in [1.165, 1.54) is 0 Å². The molecule has 2 atom stereocenters. The highest BCUT2D eigenvalue weighted by atomic mass is 16.3. The van der Waals surface area contributed by atoms with Crippen molar-refractivity contribution in [3.05, 3.63) is 0 Å². The maximum absolute atomic E-state index is 11.3. The molecule has 0 spiro atoms. The molecule has 0 fully saturated rings. The van der Waals surface area contributed by atoms with Gasteiger partial charge >= 0.3 is 0 Å². The number of amides is 1. The lowest BCUT2D eigenvalue weighted by molar-refractivity contribution is -0.120. The topological polar surface area (TPSA) is 61.4 Å². The predicted molar refractivity (Wildman–Crippen MR) is 61.7 cm³/mol. The number of carbonyl (C=O) groups excluding carboxylic acids is 1. The van der Waals surface area contributed by atoms with Crippen molar-refractivity contribution in [2.75, 3.05) is 13.1 Å². The highest BCUT2D eigenvalue weighted by molar-refractivity contribution is 5.78. The van der Waals surface area contributed by atoms with E-state index >= 15 is 0 Å². The van der Waals surface area contributed by atoms with Crippen molar-refractivity contribution in [3.63, 3.8) is 0 Å². The molecule has 0 saturated carbocycles. The number of hydrogen-bond acceptors (Lipinski definition) is 3. The first kappa shape index (κ1) is 14.4. The van der Waals surface area contributed by atoms with Crippen LogP contribution in [-0.2, 0) is 4.79 Å². The summed E-state index contributed by atoms with van der Waals surface area (Å²) in [5, 5.41) is 14.9. The first-order valence-corrected chi connectivity index (χ1v) is 5.74. The number of hydrogen-bond donors (Lipinski definition) is 3. The lowest BCUT2D eigenvalue weighted by Gasteiger charge is -2.11. The maximum Gasteiger partial charge on any atom is 0.234 e. The smallest absolute Gasteiger partial charge is 0.234 e. The highest BCUT2D eigenvalue weighted by Crippen LogP contribution is 1.93. The molecule has 0 bridgehead atoms. The van der Waals surface area contributed by atoms with E-state index in [0.717, 1.165) is 25.8 Å². The van der Waals surface area contributed by atoms with Gasteiger partial charge < -0.3 is 15.7 Å². The summed E-state index contributed by atoms with van der Waals surface area (Å²) in [7, 11) is 0. The van der Waals surface area contributed by atoms with Crippen LogP contribution in [0, 0.1) is 0 Å². The van der Waals surface area contributed by atoms with Gasteiger partial charge in [0.05, 0.1) is 12.6 Å². The predicted octanol–water partition coefficient (Wildman–Crippen LogP) is 0.652. The maximum atomic E-state index is 11.3. The molecule has 0 aliphatic carbocycles. The lowest BCUT2D eigenvalue weighted by Crippen LogP contribution is -2.39. The molecule has 0 saturated heterocycles. The second-order valence-corrected chi connectivity index (χ2v) is 4.04. The Morgan fingerprint density at radius 2 is 2.07 bits per heavy atom. The van der Waals surface area contributed by atoms with Gasteiger partial charge in [-0.3, -0.25) is 4.79 Å². The van der Waals surface area contributed by atoms with Crippen LogP contribution in [0.4, 0.5) is 0 Å². The molecule has 0 heterocycles. The first-order chi connectivity index (χ1) is 7.06. The summed E-state index contributed by atoms with van der Waals surface area (Å²) in [4.78, 5) is 11.3. The van der Waals surface area contributed by atoms with Crippen LogP contribution in [0.15, 0.2) is 0 Å². The van der Waals surface area contributed by atoms with E-state index in [4.69, 9.17) is 5.11 Å². The average molecular weight is 216 g/mol. The molecule has 1 amide bonds. The van der Waals surface area contributed by atoms with Gasteiger partial charge in [-0.05, 0) is 39.7 Å². The van der Waals surface area contributed by atoms with Crippen LogP contribution in [0.3, 0.4) is 0 Å². The zero-order valence-electron chi connectivity index (χ0n) is 10.0. The Bertz CT molecular complexity index is 172. The summed E-state index contributed by atoms with van der Waals surface area (Å²) in [5.74, 6) is 0.0430. The molecule has 0 radical (unpaired) electrons. The molecule has 4 heteroatoms. The van der Waals surface area contributed by atoms with Gasteiger partial charge in [-0.1, -0.05) is 6.92 Å². The second-order valence-electron chi connectivity index (χ2n) is 4.04. The van der Waals surface area contributed by atoms with Crippen LogP contribution >= 0.6 is 0 Å². The molecule has 0 aliphatic rings. The SMILES string of the molecule is CCC(C)NC(=O)CNCCCC(C)O. The molecule has 0 aromatic rings. The van der Waals surface area contributed by atoms with Gasteiger partial charge in [0.15, 0.2) is 0 Å². The summed E-state index contributed by atoms with van der Waals surface area (Å²) in [6.45, 7) is 6.95. The molecule has 0 aliphatic heterocycles. The van der Waals surface area contributed by atoms with Gasteiger partial charge in [0.25, 0.3) is 0 Å². The monoisotopic (exact) mass is 216 g/mol. The van der Waals surface area contributed by atoms with Gasteiger partial charge in [0.2, 0.25) is 5.91 Å². The van der Waals surface area contributed by atoms with Gasteiger partial charge in [0, 0.05) is 6.04 Å². The summed E-state index contributed by atoms with van der Waals surface area (Å²) >= 11 is 0. The fraction of sp³-hybridized carbons (Fsp3) is 0.909.